The summed E-state index contributed by atoms with van der Waals surface area (Å²) < 4.78 is 5.80. The quantitative estimate of drug-likeness (QED) is 0.364. The first-order valence-electron chi connectivity index (χ1n) is 13.8. The molecule has 206 valence electrons. The molecule has 0 aliphatic carbocycles. The molecule has 0 radical (unpaired) electrons. The van der Waals surface area contributed by atoms with Crippen LogP contribution in [0.4, 0.5) is 4.79 Å². The average Bonchev–Trinajstić information content (AvgIpc) is 3.58. The highest BCUT2D eigenvalue weighted by atomic mass is 16.6. The fourth-order valence-electron chi connectivity index (χ4n) is 5.85. The third-order valence-corrected chi connectivity index (χ3v) is 7.78. The molecule has 5 heterocycles. The van der Waals surface area contributed by atoms with E-state index in [2.05, 4.69) is 45.1 Å². The Hall–Kier alpha value is -4.27. The van der Waals surface area contributed by atoms with Crippen molar-refractivity contribution in [3.05, 3.63) is 77.1 Å². The molecular weight excluding hydrogens is 504 g/mol. The number of hydrogen-bond donors (Lipinski definition) is 1. The van der Waals surface area contributed by atoms with E-state index in [1.807, 2.05) is 43.0 Å². The van der Waals surface area contributed by atoms with Gasteiger partial charge in [0.15, 0.2) is 0 Å². The molecule has 2 aliphatic heterocycles. The number of aryl methyl sites for hydroxylation is 1. The number of nitrogens with one attached hydrogen (secondary N) is 1. The molecule has 0 bridgehead atoms. The lowest BCUT2D eigenvalue weighted by molar-refractivity contribution is 0.0222. The number of ether oxygens (including phenoxy) is 1. The van der Waals surface area contributed by atoms with Gasteiger partial charge in [0.05, 0.1) is 11.6 Å². The Morgan fingerprint density at radius 2 is 1.85 bits per heavy atom. The summed E-state index contributed by atoms with van der Waals surface area (Å²) in [5.74, 6) is -0.0886. The topological polar surface area (TPSA) is 104 Å². The van der Waals surface area contributed by atoms with Crippen molar-refractivity contribution in [3.8, 4) is 11.1 Å². The van der Waals surface area contributed by atoms with Gasteiger partial charge in [-0.1, -0.05) is 6.07 Å². The summed E-state index contributed by atoms with van der Waals surface area (Å²) in [6.07, 6.45) is 10.6. The molecule has 9 heteroatoms. The number of aromatic amines is 1. The highest BCUT2D eigenvalue weighted by molar-refractivity contribution is 5.94. The van der Waals surface area contributed by atoms with E-state index in [9.17, 15) is 9.59 Å². The maximum Gasteiger partial charge on any atom is 0.410 e. The molecule has 0 spiro atoms. The van der Waals surface area contributed by atoms with Crippen LogP contribution in [0.2, 0.25) is 0 Å². The highest BCUT2D eigenvalue weighted by Crippen LogP contribution is 2.40. The Morgan fingerprint density at radius 3 is 2.62 bits per heavy atom. The van der Waals surface area contributed by atoms with Crippen LogP contribution in [0.25, 0.3) is 22.2 Å². The van der Waals surface area contributed by atoms with Crippen molar-refractivity contribution < 1.29 is 14.3 Å². The lowest BCUT2D eigenvalue weighted by Crippen LogP contribution is -2.39. The van der Waals surface area contributed by atoms with Gasteiger partial charge in [0.2, 0.25) is 0 Å². The molecule has 2 aliphatic rings. The van der Waals surface area contributed by atoms with E-state index in [4.69, 9.17) is 4.74 Å². The molecule has 1 fully saturated rings. The minimum Gasteiger partial charge on any atom is -0.444 e. The van der Waals surface area contributed by atoms with Crippen molar-refractivity contribution in [3.63, 3.8) is 0 Å². The first-order valence-corrected chi connectivity index (χ1v) is 13.8. The fourth-order valence-corrected chi connectivity index (χ4v) is 5.85. The number of likely N-dealkylation sites (tertiary alicyclic amines) is 1. The summed E-state index contributed by atoms with van der Waals surface area (Å²) in [6, 6.07) is 6.46. The maximum atomic E-state index is 13.3. The molecule has 1 N–H and O–H groups in total. The summed E-state index contributed by atoms with van der Waals surface area (Å²) in [5.41, 5.74) is 7.37. The SMILES string of the molecule is Cc1c[nH]c2ncc(-c3cc4c(c([C@@H]5CCCN5C(=O)OC(C)(C)C)c3)CN(C(=O)c3cncnc3)CC4)cc12. The number of fused-ring (bicyclic) bond motifs is 2. The monoisotopic (exact) mass is 538 g/mol. The predicted octanol–water partition coefficient (Wildman–Crippen LogP) is 5.60. The Bertz CT molecular complexity index is 1590. The molecule has 1 atom stereocenters. The molecule has 3 aromatic heterocycles. The minimum absolute atomic E-state index is 0.0886. The predicted molar refractivity (Wildman–Crippen MR) is 152 cm³/mol. The van der Waals surface area contributed by atoms with Gasteiger partial charge in [-0.2, -0.15) is 0 Å². The van der Waals surface area contributed by atoms with Crippen molar-refractivity contribution in [1.82, 2.24) is 29.7 Å². The fraction of sp³-hybridized carbons (Fsp3) is 0.387. The third-order valence-electron chi connectivity index (χ3n) is 7.78. The summed E-state index contributed by atoms with van der Waals surface area (Å²) in [6.45, 7) is 9.44. The normalized spacial score (nSPS) is 17.2. The largest absolute Gasteiger partial charge is 0.444 e. The van der Waals surface area contributed by atoms with Crippen LogP contribution in [0, 0.1) is 6.92 Å². The van der Waals surface area contributed by atoms with E-state index in [1.54, 1.807) is 12.4 Å². The second kappa shape index (κ2) is 10.0. The minimum atomic E-state index is -0.581. The third kappa shape index (κ3) is 4.92. The molecule has 0 unspecified atom stereocenters. The van der Waals surface area contributed by atoms with Crippen LogP contribution in [0.5, 0.6) is 0 Å². The smallest absolute Gasteiger partial charge is 0.410 e. The number of carbonyl (C=O) groups excluding carboxylic acids is 2. The van der Waals surface area contributed by atoms with Gasteiger partial charge in [-0.15, -0.1) is 0 Å². The van der Waals surface area contributed by atoms with Gasteiger partial charge in [-0.25, -0.2) is 19.7 Å². The summed E-state index contributed by atoms with van der Waals surface area (Å²) >= 11 is 0. The second-order valence-electron chi connectivity index (χ2n) is 11.7. The molecule has 1 saturated heterocycles. The van der Waals surface area contributed by atoms with Gasteiger partial charge in [0, 0.05) is 55.4 Å². The van der Waals surface area contributed by atoms with E-state index in [0.717, 1.165) is 51.7 Å². The highest BCUT2D eigenvalue weighted by Gasteiger charge is 2.36. The lowest BCUT2D eigenvalue weighted by Gasteiger charge is -2.35. The van der Waals surface area contributed by atoms with Crippen molar-refractivity contribution in [2.24, 2.45) is 0 Å². The molecule has 9 nitrogen and oxygen atoms in total. The Kier molecular flexibility index (Phi) is 6.52. The molecule has 4 aromatic rings. The standard InChI is InChI=1S/C31H34N6O3/c1-19-13-34-28-24(19)12-22(16-35-28)21-10-20-7-9-36(29(38)23-14-32-18-33-15-23)17-26(20)25(11-21)27-6-5-8-37(27)30(39)40-31(2,3)4/h10-16,18,27H,5-9,17H2,1-4H3,(H,34,35)/t27-/m0/s1. The van der Waals surface area contributed by atoms with Gasteiger partial charge in [0.1, 0.15) is 17.6 Å². The van der Waals surface area contributed by atoms with Crippen LogP contribution in [0.3, 0.4) is 0 Å². The van der Waals surface area contributed by atoms with Crippen LogP contribution in [-0.2, 0) is 17.7 Å². The number of amides is 2. The number of hydrogen-bond acceptors (Lipinski definition) is 6. The maximum absolute atomic E-state index is 13.3. The number of nitrogens with zero attached hydrogens (tertiary/aromatic N) is 5. The summed E-state index contributed by atoms with van der Waals surface area (Å²) in [4.78, 5) is 46.3. The molecule has 40 heavy (non-hydrogen) atoms. The molecule has 2 amide bonds. The van der Waals surface area contributed by atoms with Gasteiger partial charge in [-0.3, -0.25) is 4.79 Å². The van der Waals surface area contributed by atoms with E-state index in [0.29, 0.717) is 31.6 Å². The Balaban J connectivity index is 1.43. The van der Waals surface area contributed by atoms with Crippen LogP contribution in [0.1, 0.15) is 72.3 Å². The zero-order chi connectivity index (χ0) is 28.0. The van der Waals surface area contributed by atoms with Crippen LogP contribution in [0.15, 0.2) is 49.3 Å². The summed E-state index contributed by atoms with van der Waals surface area (Å²) in [7, 11) is 0. The molecule has 0 saturated carbocycles. The number of H-pyrrole nitrogens is 1. The molecule has 6 rings (SSSR count). The number of pyridine rings is 1. The van der Waals surface area contributed by atoms with Gasteiger partial charge in [-0.05, 0) is 86.9 Å². The van der Waals surface area contributed by atoms with Crippen LogP contribution in [-0.4, -0.2) is 60.4 Å². The average molecular weight is 539 g/mol. The van der Waals surface area contributed by atoms with Crippen LogP contribution < -0.4 is 0 Å². The van der Waals surface area contributed by atoms with Crippen LogP contribution >= 0.6 is 0 Å². The van der Waals surface area contributed by atoms with Gasteiger partial charge >= 0.3 is 6.09 Å². The zero-order valence-electron chi connectivity index (χ0n) is 23.4. The van der Waals surface area contributed by atoms with E-state index >= 15 is 0 Å². The van der Waals surface area contributed by atoms with Crippen molar-refractivity contribution in [2.45, 2.75) is 65.1 Å². The van der Waals surface area contributed by atoms with E-state index < -0.39 is 5.60 Å². The molecule has 1 aromatic carbocycles. The van der Waals surface area contributed by atoms with E-state index in [1.165, 1.54) is 11.9 Å². The number of carbonyl (C=O) groups is 2. The number of benzene rings is 1. The number of rotatable bonds is 3. The second-order valence-corrected chi connectivity index (χ2v) is 11.7. The van der Waals surface area contributed by atoms with Crippen molar-refractivity contribution in [2.75, 3.05) is 13.1 Å². The van der Waals surface area contributed by atoms with Crippen molar-refractivity contribution >= 4 is 23.0 Å². The Labute approximate surface area is 233 Å². The first kappa shape index (κ1) is 26.0. The molecular formula is C31H34N6O3. The Morgan fingerprint density at radius 1 is 1.05 bits per heavy atom. The van der Waals surface area contributed by atoms with Gasteiger partial charge in [0.25, 0.3) is 5.91 Å². The van der Waals surface area contributed by atoms with E-state index in [-0.39, 0.29) is 18.0 Å². The van der Waals surface area contributed by atoms with Gasteiger partial charge < -0.3 is 19.5 Å². The zero-order valence-corrected chi connectivity index (χ0v) is 23.4. The van der Waals surface area contributed by atoms with Crippen molar-refractivity contribution in [1.29, 1.82) is 0 Å². The lowest BCUT2D eigenvalue weighted by atomic mass is 9.86. The number of aromatic nitrogens is 4. The summed E-state index contributed by atoms with van der Waals surface area (Å²) in [5, 5.41) is 1.09. The first-order chi connectivity index (χ1) is 19.2.